The first-order valence-corrected chi connectivity index (χ1v) is 13.8. The second-order valence-electron chi connectivity index (χ2n) is 9.02. The number of hydrogen-bond acceptors (Lipinski definition) is 6. The van der Waals surface area contributed by atoms with Crippen molar-refractivity contribution in [2.75, 3.05) is 26.6 Å². The monoisotopic (exact) mass is 482 g/mol. The number of benzene rings is 1. The Morgan fingerprint density at radius 2 is 2.16 bits per heavy atom. The molecule has 32 heavy (non-hydrogen) atoms. The van der Waals surface area contributed by atoms with E-state index in [1.165, 1.54) is 24.9 Å². The predicted octanol–water partition coefficient (Wildman–Crippen LogP) is 4.14. The highest BCUT2D eigenvalue weighted by Crippen LogP contribution is 2.51. The summed E-state index contributed by atoms with van der Waals surface area (Å²) < 4.78 is 21.7. The van der Waals surface area contributed by atoms with Gasteiger partial charge in [0.15, 0.2) is 5.41 Å². The molecule has 4 rings (SSSR count). The maximum Gasteiger partial charge on any atom is 0.261 e. The second-order valence-corrected chi connectivity index (χ2v) is 12.0. The van der Waals surface area contributed by atoms with Crippen LogP contribution in [0.25, 0.3) is 10.1 Å². The number of halogens is 1. The van der Waals surface area contributed by atoms with Gasteiger partial charge in [-0.05, 0) is 74.8 Å². The third-order valence-electron chi connectivity index (χ3n) is 6.84. The molecule has 0 radical (unpaired) electrons. The van der Waals surface area contributed by atoms with Crippen LogP contribution in [0.1, 0.15) is 54.3 Å². The van der Waals surface area contributed by atoms with Gasteiger partial charge in [-0.15, -0.1) is 11.3 Å². The number of fused-ring (bicyclic) bond motifs is 2. The number of amides is 1. The van der Waals surface area contributed by atoms with Gasteiger partial charge in [0.25, 0.3) is 5.91 Å². The zero-order valence-corrected chi connectivity index (χ0v) is 20.3. The quantitative estimate of drug-likeness (QED) is 0.558. The second kappa shape index (κ2) is 10.00. The first kappa shape index (κ1) is 24.0. The molecule has 2 fully saturated rings. The van der Waals surface area contributed by atoms with E-state index in [0.29, 0.717) is 29.8 Å². The van der Waals surface area contributed by atoms with Crippen LogP contribution in [0.2, 0.25) is 0 Å². The van der Waals surface area contributed by atoms with E-state index in [0.717, 1.165) is 42.2 Å². The van der Waals surface area contributed by atoms with Gasteiger partial charge in [-0.25, -0.2) is 4.39 Å². The first-order chi connectivity index (χ1) is 15.3. The van der Waals surface area contributed by atoms with Crippen molar-refractivity contribution < 1.29 is 23.9 Å². The Balaban J connectivity index is 1.42. The molecule has 0 saturated carbocycles. The van der Waals surface area contributed by atoms with Crippen molar-refractivity contribution in [1.29, 1.82) is 0 Å². The molecule has 2 saturated heterocycles. The number of hydrogen-bond donors (Lipinski definition) is 3. The lowest BCUT2D eigenvalue weighted by molar-refractivity contribution is -0.0137. The van der Waals surface area contributed by atoms with E-state index in [4.69, 9.17) is 4.74 Å². The zero-order valence-electron chi connectivity index (χ0n) is 18.6. The largest absolute Gasteiger partial charge is 0.395 e. The molecule has 0 aliphatic carbocycles. The van der Waals surface area contributed by atoms with Crippen molar-refractivity contribution in [2.45, 2.75) is 62.6 Å². The molecule has 2 aliphatic rings. The van der Waals surface area contributed by atoms with Crippen molar-refractivity contribution in [3.05, 3.63) is 34.7 Å². The maximum atomic E-state index is 14.9. The number of aliphatic hydroxyl groups excluding tert-OH is 1. The van der Waals surface area contributed by atoms with Crippen molar-refractivity contribution >= 4 is 35.5 Å². The van der Waals surface area contributed by atoms with Crippen molar-refractivity contribution in [3.63, 3.8) is 0 Å². The summed E-state index contributed by atoms with van der Waals surface area (Å²) >= 11 is 1.38. The van der Waals surface area contributed by atoms with Crippen molar-refractivity contribution in [3.8, 4) is 0 Å². The van der Waals surface area contributed by atoms with Crippen LogP contribution >= 0.6 is 19.5 Å². The first-order valence-electron chi connectivity index (χ1n) is 11.2. The molecule has 176 valence electrons. The predicted molar refractivity (Wildman–Crippen MR) is 127 cm³/mol. The number of nitrogens with one attached hydrogen (secondary N) is 1. The van der Waals surface area contributed by atoms with Crippen LogP contribution in [0.15, 0.2) is 24.3 Å². The molecule has 0 spiro atoms. The average molecular weight is 483 g/mol. The molecule has 6 nitrogen and oxygen atoms in total. The Morgan fingerprint density at radius 3 is 2.91 bits per heavy atom. The highest BCUT2D eigenvalue weighted by Gasteiger charge is 2.34. The van der Waals surface area contributed by atoms with E-state index in [-0.39, 0.29) is 24.6 Å². The highest BCUT2D eigenvalue weighted by atomic mass is 32.1. The van der Waals surface area contributed by atoms with E-state index in [9.17, 15) is 19.2 Å². The number of carbonyl (C=O) groups excluding carboxylic acids is 1. The standard InChI is InChI=1S/C23H32FN2O4PS/c1-23(24,31(2)29)16-6-9-20-15(10-16)11-21(32-20)22(28)25-17-4-3-5-18-7-8-19(12-27)26(18)14-30-13-17/h6,9-11,17-19,27,29H,3-5,7-8,12-14H2,1-2H3,(H,25,28)/t17-,18-,19-,23?,31?/m0/s1. The number of thiophene rings is 1. The van der Waals surface area contributed by atoms with Gasteiger partial charge >= 0.3 is 0 Å². The Labute approximate surface area is 193 Å². The number of ether oxygens (including phenoxy) is 1. The van der Waals surface area contributed by atoms with Crippen LogP contribution in [0.4, 0.5) is 4.39 Å². The van der Waals surface area contributed by atoms with Crippen LogP contribution in [-0.4, -0.2) is 65.5 Å². The van der Waals surface area contributed by atoms with Crippen molar-refractivity contribution in [2.24, 2.45) is 0 Å². The number of rotatable bonds is 5. The number of alkyl halides is 1. The fourth-order valence-electron chi connectivity index (χ4n) is 4.71. The zero-order chi connectivity index (χ0) is 22.9. The lowest BCUT2D eigenvalue weighted by Crippen LogP contribution is -2.41. The van der Waals surface area contributed by atoms with E-state index in [1.54, 1.807) is 18.2 Å². The summed E-state index contributed by atoms with van der Waals surface area (Å²) in [6.07, 6.45) is 5.00. The molecule has 5 atom stereocenters. The molecule has 3 N–H and O–H groups in total. The summed E-state index contributed by atoms with van der Waals surface area (Å²) in [5, 5.41) is 11.7. The highest BCUT2D eigenvalue weighted by molar-refractivity contribution is 7.51. The molecule has 0 bridgehead atoms. The topological polar surface area (TPSA) is 82.0 Å². The van der Waals surface area contributed by atoms with Crippen LogP contribution < -0.4 is 5.32 Å². The van der Waals surface area contributed by atoms with Gasteiger partial charge in [0.1, 0.15) is 0 Å². The Hall–Kier alpha value is -1.15. The molecule has 3 heterocycles. The summed E-state index contributed by atoms with van der Waals surface area (Å²) in [5.74, 6) is -0.141. The SMILES string of the molecule is CP(O)C(C)(F)c1ccc2sc(C(=O)N[C@H]3CCC[C@H]4CC[C@@H](CO)N4COC3)cc2c1. The van der Waals surface area contributed by atoms with Gasteiger partial charge in [-0.1, -0.05) is 6.07 Å². The van der Waals surface area contributed by atoms with E-state index < -0.39 is 13.6 Å². The average Bonchev–Trinajstić information content (AvgIpc) is 3.37. The van der Waals surface area contributed by atoms with Crippen LogP contribution in [0, 0.1) is 0 Å². The Bertz CT molecular complexity index is 953. The van der Waals surface area contributed by atoms with Gasteiger partial charge in [-0.3, -0.25) is 9.69 Å². The minimum Gasteiger partial charge on any atom is -0.395 e. The summed E-state index contributed by atoms with van der Waals surface area (Å²) in [5.41, 5.74) is 0.428. The van der Waals surface area contributed by atoms with Crippen LogP contribution in [0.5, 0.6) is 0 Å². The molecular formula is C23H32FN2O4PS. The minimum atomic E-state index is -1.79. The third-order valence-corrected chi connectivity index (χ3v) is 9.43. The number of nitrogens with zero attached hydrogens (tertiary/aromatic N) is 1. The third kappa shape index (κ3) is 5.01. The van der Waals surface area contributed by atoms with E-state index >= 15 is 0 Å². The molecule has 1 amide bonds. The van der Waals surface area contributed by atoms with Gasteiger partial charge in [0.2, 0.25) is 0 Å². The van der Waals surface area contributed by atoms with Gasteiger partial charge in [0.05, 0.1) is 39.0 Å². The minimum absolute atomic E-state index is 0.0666. The number of carbonyl (C=O) groups is 1. The fourth-order valence-corrected chi connectivity index (χ4v) is 6.17. The molecule has 2 aliphatic heterocycles. The Morgan fingerprint density at radius 1 is 1.34 bits per heavy atom. The molecular weight excluding hydrogens is 450 g/mol. The summed E-state index contributed by atoms with van der Waals surface area (Å²) in [6.45, 7) is 3.98. The van der Waals surface area contributed by atoms with Gasteiger partial charge in [-0.2, -0.15) is 0 Å². The summed E-state index contributed by atoms with van der Waals surface area (Å²) in [7, 11) is -1.78. The smallest absolute Gasteiger partial charge is 0.261 e. The molecule has 2 aromatic rings. The van der Waals surface area contributed by atoms with Crippen molar-refractivity contribution in [1.82, 2.24) is 10.2 Å². The molecule has 1 aromatic heterocycles. The van der Waals surface area contributed by atoms with Gasteiger partial charge < -0.3 is 20.1 Å². The summed E-state index contributed by atoms with van der Waals surface area (Å²) in [6, 6.07) is 7.58. The van der Waals surface area contributed by atoms with E-state index in [1.807, 2.05) is 6.07 Å². The Kier molecular flexibility index (Phi) is 7.50. The lowest BCUT2D eigenvalue weighted by atomic mass is 10.0. The van der Waals surface area contributed by atoms with E-state index in [2.05, 4.69) is 10.2 Å². The maximum absolute atomic E-state index is 14.9. The summed E-state index contributed by atoms with van der Waals surface area (Å²) in [4.78, 5) is 25.6. The lowest BCUT2D eigenvalue weighted by Gasteiger charge is -2.28. The molecule has 2 unspecified atom stereocenters. The van der Waals surface area contributed by atoms with Crippen LogP contribution in [-0.2, 0) is 10.1 Å². The van der Waals surface area contributed by atoms with Gasteiger partial charge in [0, 0.05) is 16.8 Å². The molecule has 1 aromatic carbocycles. The fraction of sp³-hybridized carbons (Fsp3) is 0.609. The molecule has 9 heteroatoms. The van der Waals surface area contributed by atoms with Crippen LogP contribution in [0.3, 0.4) is 0 Å². The number of aliphatic hydroxyl groups is 1. The normalized spacial score (nSPS) is 27.7.